The van der Waals surface area contributed by atoms with Crippen LogP contribution < -0.4 is 14.8 Å². The normalized spacial score (nSPS) is 14.6. The number of nitrogens with zero attached hydrogens (tertiary/aromatic N) is 3. The van der Waals surface area contributed by atoms with E-state index in [0.717, 1.165) is 33.6 Å². The van der Waals surface area contributed by atoms with Gasteiger partial charge in [0.25, 0.3) is 5.91 Å². The number of aryl methyl sites for hydroxylation is 2. The number of pyridine rings is 1. The molecule has 1 atom stereocenters. The second-order valence-electron chi connectivity index (χ2n) is 7.61. The summed E-state index contributed by atoms with van der Waals surface area (Å²) in [6.07, 6.45) is 2.38. The van der Waals surface area contributed by atoms with Gasteiger partial charge in [0.15, 0.2) is 12.3 Å². The van der Waals surface area contributed by atoms with Crippen molar-refractivity contribution in [2.45, 2.75) is 38.6 Å². The van der Waals surface area contributed by atoms with Crippen molar-refractivity contribution in [1.29, 1.82) is 0 Å². The first-order chi connectivity index (χ1) is 14.0. The van der Waals surface area contributed by atoms with Crippen molar-refractivity contribution in [3.05, 3.63) is 47.2 Å². The lowest BCUT2D eigenvalue weighted by Gasteiger charge is -2.15. The van der Waals surface area contributed by atoms with Gasteiger partial charge in [0, 0.05) is 24.4 Å². The van der Waals surface area contributed by atoms with Crippen molar-refractivity contribution in [3.63, 3.8) is 0 Å². The van der Waals surface area contributed by atoms with Gasteiger partial charge in [0.2, 0.25) is 5.88 Å². The number of methoxy groups -OCH3 is 1. The SMILES string of the molecule is COc1ccc([C@H](C)NC(=O)COc2cc(C)c3c(C4CC4)nn(C)c3n2)cc1. The van der Waals surface area contributed by atoms with E-state index in [-0.39, 0.29) is 18.6 Å². The van der Waals surface area contributed by atoms with E-state index in [2.05, 4.69) is 15.4 Å². The van der Waals surface area contributed by atoms with Gasteiger partial charge in [0.05, 0.1) is 18.8 Å². The molecule has 2 aromatic heterocycles. The van der Waals surface area contributed by atoms with Crippen LogP contribution in [0.2, 0.25) is 0 Å². The predicted molar refractivity (Wildman–Crippen MR) is 110 cm³/mol. The van der Waals surface area contributed by atoms with Crippen LogP contribution in [0.3, 0.4) is 0 Å². The zero-order valence-corrected chi connectivity index (χ0v) is 17.2. The molecule has 0 spiro atoms. The van der Waals surface area contributed by atoms with Crippen LogP contribution in [0.25, 0.3) is 11.0 Å². The summed E-state index contributed by atoms with van der Waals surface area (Å²) in [4.78, 5) is 16.9. The maximum absolute atomic E-state index is 12.3. The summed E-state index contributed by atoms with van der Waals surface area (Å²) in [7, 11) is 3.52. The van der Waals surface area contributed by atoms with Gasteiger partial charge < -0.3 is 14.8 Å². The third kappa shape index (κ3) is 4.04. The van der Waals surface area contributed by atoms with Gasteiger partial charge in [0.1, 0.15) is 5.75 Å². The summed E-state index contributed by atoms with van der Waals surface area (Å²) >= 11 is 0. The Kier molecular flexibility index (Phi) is 5.13. The Morgan fingerprint density at radius 3 is 2.69 bits per heavy atom. The van der Waals surface area contributed by atoms with Gasteiger partial charge in [-0.15, -0.1) is 0 Å². The summed E-state index contributed by atoms with van der Waals surface area (Å²) in [5.74, 6) is 1.58. The van der Waals surface area contributed by atoms with E-state index < -0.39 is 0 Å². The number of carbonyl (C=O) groups excluding carboxylic acids is 1. The Balaban J connectivity index is 1.41. The summed E-state index contributed by atoms with van der Waals surface area (Å²) in [6.45, 7) is 3.88. The minimum atomic E-state index is -0.198. The molecule has 4 rings (SSSR count). The largest absolute Gasteiger partial charge is 0.497 e. The van der Waals surface area contributed by atoms with E-state index in [1.54, 1.807) is 11.8 Å². The monoisotopic (exact) mass is 394 g/mol. The Hall–Kier alpha value is -3.09. The van der Waals surface area contributed by atoms with Gasteiger partial charge in [-0.2, -0.15) is 10.1 Å². The van der Waals surface area contributed by atoms with Crippen molar-refractivity contribution < 1.29 is 14.3 Å². The van der Waals surface area contributed by atoms with E-state index in [1.165, 1.54) is 12.8 Å². The maximum atomic E-state index is 12.3. The number of fused-ring (bicyclic) bond motifs is 1. The molecule has 1 aliphatic rings. The molecule has 152 valence electrons. The van der Waals surface area contributed by atoms with Crippen LogP contribution in [-0.4, -0.2) is 34.4 Å². The zero-order chi connectivity index (χ0) is 20.5. The Labute approximate surface area is 170 Å². The minimum Gasteiger partial charge on any atom is -0.497 e. The molecule has 0 unspecified atom stereocenters. The highest BCUT2D eigenvalue weighted by Gasteiger charge is 2.30. The Bertz CT molecular complexity index is 1040. The fourth-order valence-electron chi connectivity index (χ4n) is 3.55. The number of aromatic nitrogens is 3. The number of amides is 1. The summed E-state index contributed by atoms with van der Waals surface area (Å²) in [5.41, 5.74) is 4.00. The van der Waals surface area contributed by atoms with E-state index >= 15 is 0 Å². The van der Waals surface area contributed by atoms with Crippen LogP contribution in [0.4, 0.5) is 0 Å². The number of hydrogen-bond donors (Lipinski definition) is 1. The molecule has 1 aromatic carbocycles. The first kappa shape index (κ1) is 19.2. The van der Waals surface area contributed by atoms with E-state index in [9.17, 15) is 4.79 Å². The van der Waals surface area contributed by atoms with Gasteiger partial charge in [-0.3, -0.25) is 9.48 Å². The van der Waals surface area contributed by atoms with Crippen LogP contribution in [-0.2, 0) is 11.8 Å². The molecule has 7 heteroatoms. The molecular weight excluding hydrogens is 368 g/mol. The fourth-order valence-corrected chi connectivity index (χ4v) is 3.55. The van der Waals surface area contributed by atoms with E-state index in [0.29, 0.717) is 11.8 Å². The second-order valence-corrected chi connectivity index (χ2v) is 7.61. The smallest absolute Gasteiger partial charge is 0.258 e. The summed E-state index contributed by atoms with van der Waals surface area (Å²) in [6, 6.07) is 9.37. The predicted octanol–water partition coefficient (Wildman–Crippen LogP) is 3.42. The second kappa shape index (κ2) is 7.73. The molecule has 29 heavy (non-hydrogen) atoms. The number of hydrogen-bond acceptors (Lipinski definition) is 5. The molecule has 0 radical (unpaired) electrons. The number of nitrogens with one attached hydrogen (secondary N) is 1. The molecule has 1 amide bonds. The van der Waals surface area contributed by atoms with Crippen LogP contribution >= 0.6 is 0 Å². The lowest BCUT2D eigenvalue weighted by Crippen LogP contribution is -2.31. The van der Waals surface area contributed by atoms with Crippen LogP contribution in [0.1, 0.15) is 48.5 Å². The van der Waals surface area contributed by atoms with Gasteiger partial charge in [-0.1, -0.05) is 12.1 Å². The number of ether oxygens (including phenoxy) is 2. The lowest BCUT2D eigenvalue weighted by molar-refractivity contribution is -0.123. The molecule has 0 saturated heterocycles. The highest BCUT2D eigenvalue weighted by Crippen LogP contribution is 2.43. The van der Waals surface area contributed by atoms with Gasteiger partial charge >= 0.3 is 0 Å². The average Bonchev–Trinajstić information content (AvgIpc) is 3.50. The molecule has 7 nitrogen and oxygen atoms in total. The van der Waals surface area contributed by atoms with Crippen molar-refractivity contribution >= 4 is 16.9 Å². The van der Waals surface area contributed by atoms with Crippen LogP contribution in [0, 0.1) is 6.92 Å². The fraction of sp³-hybridized carbons (Fsp3) is 0.409. The number of rotatable bonds is 7. The quantitative estimate of drug-likeness (QED) is 0.664. The highest BCUT2D eigenvalue weighted by molar-refractivity contribution is 5.84. The number of benzene rings is 1. The third-order valence-electron chi connectivity index (χ3n) is 5.30. The molecular formula is C22H26N4O3. The molecule has 0 aliphatic heterocycles. The van der Waals surface area contributed by atoms with Crippen molar-refractivity contribution in [1.82, 2.24) is 20.1 Å². The Morgan fingerprint density at radius 2 is 2.03 bits per heavy atom. The topological polar surface area (TPSA) is 78.3 Å². The highest BCUT2D eigenvalue weighted by atomic mass is 16.5. The lowest BCUT2D eigenvalue weighted by atomic mass is 10.1. The van der Waals surface area contributed by atoms with Gasteiger partial charge in [-0.05, 0) is 49.9 Å². The molecule has 3 aromatic rings. The molecule has 1 aliphatic carbocycles. The molecule has 1 fully saturated rings. The first-order valence-electron chi connectivity index (χ1n) is 9.86. The van der Waals surface area contributed by atoms with Crippen molar-refractivity contribution in [2.24, 2.45) is 7.05 Å². The first-order valence-corrected chi connectivity index (χ1v) is 9.86. The Morgan fingerprint density at radius 1 is 1.31 bits per heavy atom. The third-order valence-corrected chi connectivity index (χ3v) is 5.30. The standard InChI is InChI=1S/C22H26N4O3/c1-13-11-19(24-22-20(13)21(16-5-6-16)25-26(22)3)29-12-18(27)23-14(2)15-7-9-17(28-4)10-8-15/h7-11,14,16H,5-6,12H2,1-4H3,(H,23,27)/t14-/m0/s1. The average molecular weight is 394 g/mol. The van der Waals surface area contributed by atoms with Crippen molar-refractivity contribution in [2.75, 3.05) is 13.7 Å². The van der Waals surface area contributed by atoms with Crippen LogP contribution in [0.15, 0.2) is 30.3 Å². The molecule has 2 heterocycles. The molecule has 1 saturated carbocycles. The van der Waals surface area contributed by atoms with Gasteiger partial charge in [-0.25, -0.2) is 0 Å². The van der Waals surface area contributed by atoms with Crippen LogP contribution in [0.5, 0.6) is 11.6 Å². The zero-order valence-electron chi connectivity index (χ0n) is 17.2. The summed E-state index contributed by atoms with van der Waals surface area (Å²) in [5, 5.41) is 8.70. The summed E-state index contributed by atoms with van der Waals surface area (Å²) < 4.78 is 12.6. The van der Waals surface area contributed by atoms with E-state index in [4.69, 9.17) is 9.47 Å². The number of carbonyl (C=O) groups is 1. The molecule has 1 N–H and O–H groups in total. The molecule has 0 bridgehead atoms. The minimum absolute atomic E-state index is 0.0915. The maximum Gasteiger partial charge on any atom is 0.258 e. The van der Waals surface area contributed by atoms with Crippen molar-refractivity contribution in [3.8, 4) is 11.6 Å². The van der Waals surface area contributed by atoms with E-state index in [1.807, 2.05) is 51.2 Å².